The molecule has 0 aliphatic heterocycles. The second-order valence-corrected chi connectivity index (χ2v) is 5.19. The number of H-pyrrole nitrogens is 1. The number of benzene rings is 1. The van der Waals surface area contributed by atoms with Crippen molar-refractivity contribution in [1.29, 1.82) is 0 Å². The van der Waals surface area contributed by atoms with Crippen molar-refractivity contribution in [3.05, 3.63) is 36.0 Å². The number of terminal acetylenes is 1. The van der Waals surface area contributed by atoms with E-state index < -0.39 is 6.04 Å². The maximum atomic E-state index is 12.1. The largest absolute Gasteiger partial charge is 0.361 e. The van der Waals surface area contributed by atoms with Gasteiger partial charge in [0.25, 0.3) is 0 Å². The summed E-state index contributed by atoms with van der Waals surface area (Å²) in [6, 6.07) is 7.41. The molecule has 0 radical (unpaired) electrons. The van der Waals surface area contributed by atoms with Gasteiger partial charge in [-0.25, -0.2) is 0 Å². The van der Waals surface area contributed by atoms with Crippen LogP contribution in [-0.2, 0) is 11.2 Å². The SMILES string of the molecule is C#CCC(CC)NC(=O)C(N)Cc1c[nH]c2ccccc12. The normalized spacial score (nSPS) is 13.6. The molecule has 1 heterocycles. The van der Waals surface area contributed by atoms with Crippen molar-refractivity contribution in [2.24, 2.45) is 5.73 Å². The Labute approximate surface area is 125 Å². The van der Waals surface area contributed by atoms with E-state index in [4.69, 9.17) is 12.2 Å². The quantitative estimate of drug-likeness (QED) is 0.709. The van der Waals surface area contributed by atoms with Crippen LogP contribution in [0, 0.1) is 12.3 Å². The van der Waals surface area contributed by atoms with Gasteiger partial charge in [0.05, 0.1) is 6.04 Å². The number of amides is 1. The first-order valence-electron chi connectivity index (χ1n) is 7.20. The first-order chi connectivity index (χ1) is 10.2. The maximum absolute atomic E-state index is 12.1. The molecule has 0 saturated heterocycles. The topological polar surface area (TPSA) is 70.9 Å². The van der Waals surface area contributed by atoms with E-state index >= 15 is 0 Å². The van der Waals surface area contributed by atoms with E-state index in [-0.39, 0.29) is 11.9 Å². The number of fused-ring (bicyclic) bond motifs is 1. The summed E-state index contributed by atoms with van der Waals surface area (Å²) in [5, 5.41) is 4.02. The van der Waals surface area contributed by atoms with Gasteiger partial charge in [-0.1, -0.05) is 25.1 Å². The van der Waals surface area contributed by atoms with Crippen molar-refractivity contribution < 1.29 is 4.79 Å². The number of aromatic nitrogens is 1. The number of hydrogen-bond acceptors (Lipinski definition) is 2. The highest BCUT2D eigenvalue weighted by atomic mass is 16.2. The zero-order chi connectivity index (χ0) is 15.2. The third-order valence-electron chi connectivity index (χ3n) is 3.65. The summed E-state index contributed by atoms with van der Waals surface area (Å²) in [5.41, 5.74) is 8.13. The lowest BCUT2D eigenvalue weighted by Gasteiger charge is -2.17. The number of carbonyl (C=O) groups excluding carboxylic acids is 1. The highest BCUT2D eigenvalue weighted by Gasteiger charge is 2.18. The molecule has 2 aromatic rings. The van der Waals surface area contributed by atoms with Crippen LogP contribution in [0.5, 0.6) is 0 Å². The Balaban J connectivity index is 2.02. The summed E-state index contributed by atoms with van der Waals surface area (Å²) in [4.78, 5) is 15.3. The molecule has 1 aromatic heterocycles. The number of para-hydroxylation sites is 1. The third kappa shape index (κ3) is 3.65. The van der Waals surface area contributed by atoms with E-state index in [1.165, 1.54) is 0 Å². The fraction of sp³-hybridized carbons (Fsp3) is 0.353. The van der Waals surface area contributed by atoms with Crippen molar-refractivity contribution in [3.63, 3.8) is 0 Å². The highest BCUT2D eigenvalue weighted by molar-refractivity contribution is 5.86. The van der Waals surface area contributed by atoms with Crippen molar-refractivity contribution >= 4 is 16.8 Å². The van der Waals surface area contributed by atoms with Gasteiger partial charge in [-0.2, -0.15) is 0 Å². The van der Waals surface area contributed by atoms with Gasteiger partial charge in [-0.3, -0.25) is 4.79 Å². The van der Waals surface area contributed by atoms with Crippen LogP contribution in [0.4, 0.5) is 0 Å². The summed E-state index contributed by atoms with van der Waals surface area (Å²) in [6.07, 6.45) is 9.04. The molecule has 4 nitrogen and oxygen atoms in total. The standard InChI is InChI=1S/C17H21N3O/c1-3-7-13(4-2)20-17(21)15(18)10-12-11-19-16-9-6-5-8-14(12)16/h1,5-6,8-9,11,13,15,19H,4,7,10,18H2,2H3,(H,20,21). The molecule has 2 unspecified atom stereocenters. The Morgan fingerprint density at radius 3 is 2.95 bits per heavy atom. The maximum Gasteiger partial charge on any atom is 0.237 e. The molecule has 0 aliphatic rings. The van der Waals surface area contributed by atoms with Crippen molar-refractivity contribution in [1.82, 2.24) is 10.3 Å². The van der Waals surface area contributed by atoms with Gasteiger partial charge in [-0.15, -0.1) is 12.3 Å². The van der Waals surface area contributed by atoms with Gasteiger partial charge in [-0.05, 0) is 24.5 Å². The Morgan fingerprint density at radius 1 is 1.48 bits per heavy atom. The molecular weight excluding hydrogens is 262 g/mol. The van der Waals surface area contributed by atoms with E-state index in [0.29, 0.717) is 12.8 Å². The fourth-order valence-electron chi connectivity index (χ4n) is 2.38. The predicted octanol–water partition coefficient (Wildman–Crippen LogP) is 1.96. The van der Waals surface area contributed by atoms with Crippen LogP contribution in [0.3, 0.4) is 0 Å². The van der Waals surface area contributed by atoms with Crippen molar-refractivity contribution in [2.75, 3.05) is 0 Å². The number of nitrogens with two attached hydrogens (primary N) is 1. The van der Waals surface area contributed by atoms with E-state index in [0.717, 1.165) is 22.9 Å². The van der Waals surface area contributed by atoms with Gasteiger partial charge in [0.2, 0.25) is 5.91 Å². The molecule has 0 aliphatic carbocycles. The van der Waals surface area contributed by atoms with Crippen LogP contribution in [-0.4, -0.2) is 23.0 Å². The summed E-state index contributed by atoms with van der Waals surface area (Å²) in [7, 11) is 0. The first kappa shape index (κ1) is 15.1. The average molecular weight is 283 g/mol. The highest BCUT2D eigenvalue weighted by Crippen LogP contribution is 2.18. The number of carbonyl (C=O) groups is 1. The van der Waals surface area contributed by atoms with Crippen molar-refractivity contribution in [2.45, 2.75) is 38.3 Å². The van der Waals surface area contributed by atoms with Crippen LogP contribution in [0.15, 0.2) is 30.5 Å². The van der Waals surface area contributed by atoms with E-state index in [1.807, 2.05) is 37.4 Å². The van der Waals surface area contributed by atoms with E-state index in [1.54, 1.807) is 0 Å². The van der Waals surface area contributed by atoms with Crippen LogP contribution < -0.4 is 11.1 Å². The molecule has 21 heavy (non-hydrogen) atoms. The molecule has 0 spiro atoms. The molecule has 1 aromatic carbocycles. The number of rotatable bonds is 6. The van der Waals surface area contributed by atoms with Gasteiger partial charge in [0.15, 0.2) is 0 Å². The zero-order valence-corrected chi connectivity index (χ0v) is 12.2. The van der Waals surface area contributed by atoms with E-state index in [2.05, 4.69) is 16.2 Å². The molecule has 110 valence electrons. The molecule has 2 rings (SSSR count). The van der Waals surface area contributed by atoms with Crippen LogP contribution in [0.2, 0.25) is 0 Å². The number of hydrogen-bond donors (Lipinski definition) is 3. The number of nitrogens with one attached hydrogen (secondary N) is 2. The molecule has 0 saturated carbocycles. The van der Waals surface area contributed by atoms with Crippen LogP contribution in [0.1, 0.15) is 25.3 Å². The van der Waals surface area contributed by atoms with E-state index in [9.17, 15) is 4.79 Å². The van der Waals surface area contributed by atoms with Crippen molar-refractivity contribution in [3.8, 4) is 12.3 Å². The monoisotopic (exact) mass is 283 g/mol. The zero-order valence-electron chi connectivity index (χ0n) is 12.2. The minimum atomic E-state index is -0.573. The lowest BCUT2D eigenvalue weighted by Crippen LogP contribution is -2.46. The second-order valence-electron chi connectivity index (χ2n) is 5.19. The molecule has 1 amide bonds. The summed E-state index contributed by atoms with van der Waals surface area (Å²) in [5.74, 6) is 2.42. The minimum absolute atomic E-state index is 0.00322. The smallest absolute Gasteiger partial charge is 0.237 e. The fourth-order valence-corrected chi connectivity index (χ4v) is 2.38. The summed E-state index contributed by atoms with van der Waals surface area (Å²) < 4.78 is 0. The third-order valence-corrected chi connectivity index (χ3v) is 3.65. The van der Waals surface area contributed by atoms with Crippen LogP contribution in [0.25, 0.3) is 10.9 Å². The predicted molar refractivity (Wildman–Crippen MR) is 85.6 cm³/mol. The Kier molecular flexibility index (Phi) is 5.02. The molecule has 0 fully saturated rings. The average Bonchev–Trinajstić information content (AvgIpc) is 2.90. The first-order valence-corrected chi connectivity index (χ1v) is 7.20. The summed E-state index contributed by atoms with van der Waals surface area (Å²) >= 11 is 0. The molecular formula is C17H21N3O. The van der Waals surface area contributed by atoms with Gasteiger partial charge in [0.1, 0.15) is 0 Å². The Bertz CT molecular complexity index is 653. The molecule has 0 bridgehead atoms. The number of aromatic amines is 1. The van der Waals surface area contributed by atoms with Gasteiger partial charge < -0.3 is 16.0 Å². The lowest BCUT2D eigenvalue weighted by atomic mass is 10.0. The molecule has 4 N–H and O–H groups in total. The Hall–Kier alpha value is -2.25. The lowest BCUT2D eigenvalue weighted by molar-refractivity contribution is -0.123. The molecule has 2 atom stereocenters. The second kappa shape index (κ2) is 6.96. The van der Waals surface area contributed by atoms with Crippen LogP contribution >= 0.6 is 0 Å². The van der Waals surface area contributed by atoms with Gasteiger partial charge >= 0.3 is 0 Å². The summed E-state index contributed by atoms with van der Waals surface area (Å²) in [6.45, 7) is 1.99. The van der Waals surface area contributed by atoms with Gasteiger partial charge in [0, 0.05) is 29.6 Å². The minimum Gasteiger partial charge on any atom is -0.361 e. The molecule has 4 heteroatoms. The Morgan fingerprint density at radius 2 is 2.24 bits per heavy atom.